The van der Waals surface area contributed by atoms with Gasteiger partial charge < -0.3 is 19.7 Å². The predicted molar refractivity (Wildman–Crippen MR) is 98.1 cm³/mol. The molecule has 1 spiro atoms. The molecule has 0 aromatic heterocycles. The van der Waals surface area contributed by atoms with Crippen LogP contribution >= 0.6 is 0 Å². The lowest BCUT2D eigenvalue weighted by Gasteiger charge is -2.41. The fourth-order valence-corrected chi connectivity index (χ4v) is 5.28. The number of rotatable bonds is 4. The van der Waals surface area contributed by atoms with E-state index in [2.05, 4.69) is 16.3 Å². The molecule has 5 heteroatoms. The Labute approximate surface area is 155 Å². The Morgan fingerprint density at radius 2 is 1.96 bits per heavy atom. The molecule has 0 amide bonds. The van der Waals surface area contributed by atoms with Crippen molar-refractivity contribution >= 4 is 0 Å². The molecule has 1 aromatic carbocycles. The summed E-state index contributed by atoms with van der Waals surface area (Å²) >= 11 is 0. The van der Waals surface area contributed by atoms with Crippen LogP contribution in [0.15, 0.2) is 18.2 Å². The zero-order valence-corrected chi connectivity index (χ0v) is 15.4. The Morgan fingerprint density at radius 3 is 2.58 bits per heavy atom. The summed E-state index contributed by atoms with van der Waals surface area (Å²) < 4.78 is 25.5. The van der Waals surface area contributed by atoms with Gasteiger partial charge in [-0.25, -0.2) is 4.39 Å². The van der Waals surface area contributed by atoms with Crippen LogP contribution in [-0.2, 0) is 4.74 Å². The Bertz CT molecular complexity index is 651. The summed E-state index contributed by atoms with van der Waals surface area (Å²) in [5.41, 5.74) is 1.67. The number of halogens is 1. The maximum Gasteiger partial charge on any atom is 0.165 e. The van der Waals surface area contributed by atoms with Gasteiger partial charge in [0.15, 0.2) is 11.6 Å². The van der Waals surface area contributed by atoms with Gasteiger partial charge in [0.25, 0.3) is 0 Å². The van der Waals surface area contributed by atoms with Gasteiger partial charge in [0.1, 0.15) is 6.10 Å². The second kappa shape index (κ2) is 6.77. The number of benzene rings is 1. The summed E-state index contributed by atoms with van der Waals surface area (Å²) in [6.45, 7) is 5.83. The third-order valence-electron chi connectivity index (χ3n) is 7.05. The van der Waals surface area contributed by atoms with Gasteiger partial charge >= 0.3 is 0 Å². The molecule has 3 heterocycles. The van der Waals surface area contributed by atoms with E-state index in [1.54, 1.807) is 0 Å². The molecule has 26 heavy (non-hydrogen) atoms. The average molecular weight is 360 g/mol. The number of hydrogen-bond donors (Lipinski definition) is 1. The van der Waals surface area contributed by atoms with Crippen molar-refractivity contribution in [2.45, 2.75) is 50.2 Å². The van der Waals surface area contributed by atoms with E-state index >= 15 is 0 Å². The van der Waals surface area contributed by atoms with Crippen molar-refractivity contribution in [3.05, 3.63) is 29.6 Å². The number of nitrogens with zero attached hydrogens (tertiary/aromatic N) is 1. The van der Waals surface area contributed by atoms with E-state index in [1.165, 1.54) is 38.4 Å². The van der Waals surface area contributed by atoms with Gasteiger partial charge in [-0.2, -0.15) is 0 Å². The van der Waals surface area contributed by atoms with Crippen LogP contribution in [0.3, 0.4) is 0 Å². The fourth-order valence-electron chi connectivity index (χ4n) is 5.28. The molecule has 1 unspecified atom stereocenters. The van der Waals surface area contributed by atoms with Crippen molar-refractivity contribution in [2.24, 2.45) is 5.41 Å². The molecule has 4 nitrogen and oxygen atoms in total. The van der Waals surface area contributed by atoms with Crippen LogP contribution in [0.1, 0.15) is 43.6 Å². The van der Waals surface area contributed by atoms with Gasteiger partial charge in [0.05, 0.1) is 13.2 Å². The molecule has 4 fully saturated rings. The summed E-state index contributed by atoms with van der Waals surface area (Å²) in [6.07, 6.45) is 6.31. The lowest BCUT2D eigenvalue weighted by atomic mass is 9.80. The van der Waals surface area contributed by atoms with E-state index in [0.717, 1.165) is 37.5 Å². The second-order valence-corrected chi connectivity index (χ2v) is 8.75. The van der Waals surface area contributed by atoms with Crippen LogP contribution in [-0.4, -0.2) is 56.4 Å². The van der Waals surface area contributed by atoms with E-state index in [-0.39, 0.29) is 11.9 Å². The standard InChI is InChI=1S/C21H29FN2O2/c22-19-3-1-2-18(20(19)26-17-11-25-12-17)15-5-8-24(9-6-15)16-4-7-21(10-16)13-23-14-21/h1-3,15-17,23H,4-14H2. The van der Waals surface area contributed by atoms with Gasteiger partial charge in [0.2, 0.25) is 0 Å². The first-order chi connectivity index (χ1) is 12.7. The van der Waals surface area contributed by atoms with Gasteiger partial charge in [-0.1, -0.05) is 12.1 Å². The predicted octanol–water partition coefficient (Wildman–Crippen LogP) is 2.92. The van der Waals surface area contributed by atoms with Crippen molar-refractivity contribution in [3.63, 3.8) is 0 Å². The number of piperidine rings is 1. The second-order valence-electron chi connectivity index (χ2n) is 8.75. The van der Waals surface area contributed by atoms with Gasteiger partial charge in [-0.05, 0) is 62.6 Å². The smallest absolute Gasteiger partial charge is 0.165 e. The maximum atomic E-state index is 14.4. The highest BCUT2D eigenvalue weighted by Crippen LogP contribution is 2.45. The molecule has 1 aliphatic carbocycles. The first-order valence-electron chi connectivity index (χ1n) is 10.2. The molecule has 4 aliphatic rings. The van der Waals surface area contributed by atoms with Crippen molar-refractivity contribution < 1.29 is 13.9 Å². The van der Waals surface area contributed by atoms with Crippen LogP contribution < -0.4 is 10.1 Å². The molecule has 1 N–H and O–H groups in total. The SMILES string of the molecule is Fc1cccc(C2CCN(C3CCC4(CNC4)C3)CC2)c1OC1COC1. The largest absolute Gasteiger partial charge is 0.482 e. The molecule has 5 rings (SSSR count). The molecular formula is C21H29FN2O2. The lowest BCUT2D eigenvalue weighted by molar-refractivity contribution is -0.0814. The molecule has 0 radical (unpaired) electrons. The summed E-state index contributed by atoms with van der Waals surface area (Å²) in [5.74, 6) is 0.644. The molecule has 3 aliphatic heterocycles. The van der Waals surface area contributed by atoms with Gasteiger partial charge in [-0.3, -0.25) is 0 Å². The van der Waals surface area contributed by atoms with E-state index < -0.39 is 0 Å². The Morgan fingerprint density at radius 1 is 1.15 bits per heavy atom. The molecule has 1 saturated carbocycles. The van der Waals surface area contributed by atoms with Crippen molar-refractivity contribution in [1.82, 2.24) is 10.2 Å². The maximum absolute atomic E-state index is 14.4. The molecule has 1 atom stereocenters. The van der Waals surface area contributed by atoms with Crippen LogP contribution in [0.25, 0.3) is 0 Å². The van der Waals surface area contributed by atoms with E-state index in [4.69, 9.17) is 9.47 Å². The molecule has 0 bridgehead atoms. The summed E-state index contributed by atoms with van der Waals surface area (Å²) in [5, 5.41) is 3.46. The van der Waals surface area contributed by atoms with E-state index in [0.29, 0.717) is 30.3 Å². The zero-order valence-electron chi connectivity index (χ0n) is 15.4. The highest BCUT2D eigenvalue weighted by molar-refractivity contribution is 5.38. The third-order valence-corrected chi connectivity index (χ3v) is 7.05. The molecular weight excluding hydrogens is 331 g/mol. The van der Waals surface area contributed by atoms with Gasteiger partial charge in [-0.15, -0.1) is 0 Å². The Kier molecular flexibility index (Phi) is 4.42. The Hall–Kier alpha value is -1.17. The number of para-hydroxylation sites is 1. The monoisotopic (exact) mass is 360 g/mol. The third kappa shape index (κ3) is 3.04. The number of hydrogen-bond acceptors (Lipinski definition) is 4. The molecule has 3 saturated heterocycles. The minimum atomic E-state index is -0.230. The van der Waals surface area contributed by atoms with Crippen LogP contribution in [0, 0.1) is 11.2 Å². The summed E-state index contributed by atoms with van der Waals surface area (Å²) in [6, 6.07) is 6.15. The first-order valence-corrected chi connectivity index (χ1v) is 10.2. The van der Waals surface area contributed by atoms with Crippen molar-refractivity contribution in [3.8, 4) is 5.75 Å². The molecule has 1 aromatic rings. The van der Waals surface area contributed by atoms with Crippen LogP contribution in [0.2, 0.25) is 0 Å². The van der Waals surface area contributed by atoms with Crippen molar-refractivity contribution in [2.75, 3.05) is 39.4 Å². The van der Waals surface area contributed by atoms with Crippen LogP contribution in [0.5, 0.6) is 5.75 Å². The normalized spacial score (nSPS) is 29.5. The van der Waals surface area contributed by atoms with Crippen LogP contribution in [0.4, 0.5) is 4.39 Å². The summed E-state index contributed by atoms with van der Waals surface area (Å²) in [4.78, 5) is 2.70. The number of ether oxygens (including phenoxy) is 2. The quantitative estimate of drug-likeness (QED) is 0.895. The highest BCUT2D eigenvalue weighted by atomic mass is 19.1. The minimum Gasteiger partial charge on any atom is -0.482 e. The average Bonchev–Trinajstić information content (AvgIpc) is 3.05. The summed E-state index contributed by atoms with van der Waals surface area (Å²) in [7, 11) is 0. The fraction of sp³-hybridized carbons (Fsp3) is 0.714. The number of likely N-dealkylation sites (tertiary alicyclic amines) is 1. The Balaban J connectivity index is 1.23. The minimum absolute atomic E-state index is 0.0107. The topological polar surface area (TPSA) is 33.7 Å². The van der Waals surface area contributed by atoms with Crippen molar-refractivity contribution in [1.29, 1.82) is 0 Å². The first kappa shape index (κ1) is 17.0. The number of nitrogens with one attached hydrogen (secondary N) is 1. The molecule has 142 valence electrons. The van der Waals surface area contributed by atoms with Gasteiger partial charge in [0, 0.05) is 24.7 Å². The lowest BCUT2D eigenvalue weighted by Crippen LogP contribution is -2.52. The zero-order chi connectivity index (χ0) is 17.6. The highest BCUT2D eigenvalue weighted by Gasteiger charge is 2.45. The van der Waals surface area contributed by atoms with E-state index in [1.807, 2.05) is 6.07 Å². The van der Waals surface area contributed by atoms with E-state index in [9.17, 15) is 4.39 Å².